The third-order valence-corrected chi connectivity index (χ3v) is 1.97. The van der Waals surface area contributed by atoms with E-state index in [0.29, 0.717) is 0 Å². The fraction of sp³-hybridized carbons (Fsp3) is 0.143. The van der Waals surface area contributed by atoms with E-state index in [4.69, 9.17) is 0 Å². The molecule has 0 aliphatic rings. The van der Waals surface area contributed by atoms with E-state index >= 15 is 0 Å². The van der Waals surface area contributed by atoms with E-state index in [9.17, 15) is 23.3 Å². The molecule has 82 valence electrons. The predicted molar refractivity (Wildman–Crippen MR) is 47.5 cm³/mol. The standard InChI is InChI=1S/C7H3BrF3NO3/c8-5-3-4(12(13)14)1-2-6(5)15-7(9,10)11/h1-3H. The smallest absolute Gasteiger partial charge is 0.405 e. The Hall–Kier alpha value is -1.31. The number of nitro benzene ring substituents is 1. The van der Waals surface area contributed by atoms with Gasteiger partial charge in [0.1, 0.15) is 5.75 Å². The minimum Gasteiger partial charge on any atom is -0.405 e. The number of ether oxygens (including phenoxy) is 1. The highest BCUT2D eigenvalue weighted by atomic mass is 79.9. The molecule has 0 atom stereocenters. The van der Waals surface area contributed by atoms with Crippen LogP contribution in [0, 0.1) is 10.1 Å². The van der Waals surface area contributed by atoms with E-state index in [-0.39, 0.29) is 10.2 Å². The van der Waals surface area contributed by atoms with Gasteiger partial charge in [0.05, 0.1) is 9.40 Å². The van der Waals surface area contributed by atoms with E-state index < -0.39 is 17.0 Å². The van der Waals surface area contributed by atoms with Crippen molar-refractivity contribution in [2.45, 2.75) is 6.36 Å². The summed E-state index contributed by atoms with van der Waals surface area (Å²) in [5, 5.41) is 10.3. The van der Waals surface area contributed by atoms with Crippen molar-refractivity contribution < 1.29 is 22.8 Å². The van der Waals surface area contributed by atoms with Gasteiger partial charge >= 0.3 is 6.36 Å². The number of halogens is 4. The first-order chi connectivity index (χ1) is 6.79. The van der Waals surface area contributed by atoms with Gasteiger partial charge in [0.2, 0.25) is 0 Å². The summed E-state index contributed by atoms with van der Waals surface area (Å²) in [4.78, 5) is 9.55. The van der Waals surface area contributed by atoms with Crippen molar-refractivity contribution in [2.24, 2.45) is 0 Å². The van der Waals surface area contributed by atoms with Gasteiger partial charge in [-0.3, -0.25) is 10.1 Å². The van der Waals surface area contributed by atoms with E-state index in [1.165, 1.54) is 0 Å². The highest BCUT2D eigenvalue weighted by molar-refractivity contribution is 9.10. The second kappa shape index (κ2) is 4.05. The Balaban J connectivity index is 2.99. The first-order valence-electron chi connectivity index (χ1n) is 3.49. The number of hydrogen-bond acceptors (Lipinski definition) is 3. The fourth-order valence-corrected chi connectivity index (χ4v) is 1.26. The predicted octanol–water partition coefficient (Wildman–Crippen LogP) is 3.26. The molecule has 0 radical (unpaired) electrons. The quantitative estimate of drug-likeness (QED) is 0.619. The largest absolute Gasteiger partial charge is 0.573 e. The lowest BCUT2D eigenvalue weighted by Gasteiger charge is -2.09. The summed E-state index contributed by atoms with van der Waals surface area (Å²) in [7, 11) is 0. The number of nitrogens with zero attached hydrogens (tertiary/aromatic N) is 1. The zero-order valence-electron chi connectivity index (χ0n) is 6.92. The molecular weight excluding hydrogens is 283 g/mol. The maximum absolute atomic E-state index is 11.8. The summed E-state index contributed by atoms with van der Waals surface area (Å²) in [5.41, 5.74) is -0.323. The van der Waals surface area contributed by atoms with Crippen LogP contribution in [-0.4, -0.2) is 11.3 Å². The lowest BCUT2D eigenvalue weighted by atomic mass is 10.3. The Morgan fingerprint density at radius 1 is 1.40 bits per heavy atom. The summed E-state index contributed by atoms with van der Waals surface area (Å²) >= 11 is 2.74. The van der Waals surface area contributed by atoms with Crippen LogP contribution in [0.15, 0.2) is 22.7 Å². The van der Waals surface area contributed by atoms with Crippen LogP contribution in [0.5, 0.6) is 5.75 Å². The minimum atomic E-state index is -4.82. The lowest BCUT2D eigenvalue weighted by Crippen LogP contribution is -2.17. The summed E-state index contributed by atoms with van der Waals surface area (Å²) in [6.07, 6.45) is -4.82. The van der Waals surface area contributed by atoms with Crippen LogP contribution in [0.3, 0.4) is 0 Å². The van der Waals surface area contributed by atoms with E-state index in [2.05, 4.69) is 20.7 Å². The number of hydrogen-bond donors (Lipinski definition) is 0. The lowest BCUT2D eigenvalue weighted by molar-refractivity contribution is -0.385. The molecule has 0 amide bonds. The molecule has 0 saturated heterocycles. The van der Waals surface area contributed by atoms with Gasteiger partial charge in [0.25, 0.3) is 5.69 Å². The molecule has 0 N–H and O–H groups in total. The van der Waals surface area contributed by atoms with E-state index in [0.717, 1.165) is 18.2 Å². The first-order valence-corrected chi connectivity index (χ1v) is 4.28. The highest BCUT2D eigenvalue weighted by Crippen LogP contribution is 2.32. The van der Waals surface area contributed by atoms with E-state index in [1.807, 2.05) is 0 Å². The van der Waals surface area contributed by atoms with Crippen LogP contribution in [0.4, 0.5) is 18.9 Å². The number of nitro groups is 1. The van der Waals surface area contributed by atoms with Gasteiger partial charge < -0.3 is 4.74 Å². The fourth-order valence-electron chi connectivity index (χ4n) is 0.811. The number of rotatable bonds is 2. The molecule has 0 unspecified atom stereocenters. The molecule has 4 nitrogen and oxygen atoms in total. The van der Waals surface area contributed by atoms with E-state index in [1.54, 1.807) is 0 Å². The van der Waals surface area contributed by atoms with Crippen molar-refractivity contribution in [1.82, 2.24) is 0 Å². The molecule has 0 aromatic heterocycles. The van der Waals surface area contributed by atoms with Crippen molar-refractivity contribution in [2.75, 3.05) is 0 Å². The van der Waals surface area contributed by atoms with Crippen LogP contribution >= 0.6 is 15.9 Å². The van der Waals surface area contributed by atoms with Crippen molar-refractivity contribution in [3.8, 4) is 5.75 Å². The molecule has 0 aliphatic heterocycles. The number of benzene rings is 1. The molecule has 0 saturated carbocycles. The molecule has 0 fully saturated rings. The second-order valence-electron chi connectivity index (χ2n) is 2.42. The average molecular weight is 286 g/mol. The van der Waals surface area contributed by atoms with Crippen LogP contribution in [0.2, 0.25) is 0 Å². The summed E-state index contributed by atoms with van der Waals surface area (Å²) < 4.78 is 38.9. The molecule has 8 heteroatoms. The second-order valence-corrected chi connectivity index (χ2v) is 3.27. The summed E-state index contributed by atoms with van der Waals surface area (Å²) in [5.74, 6) is -0.520. The molecule has 0 aliphatic carbocycles. The zero-order chi connectivity index (χ0) is 11.6. The Bertz CT molecular complexity index is 394. The molecule has 0 spiro atoms. The normalized spacial score (nSPS) is 11.2. The maximum Gasteiger partial charge on any atom is 0.573 e. The Kier molecular flexibility index (Phi) is 3.18. The first kappa shape index (κ1) is 11.8. The summed E-state index contributed by atoms with van der Waals surface area (Å²) in [6, 6.07) is 2.72. The average Bonchev–Trinajstić information content (AvgIpc) is 2.05. The third kappa shape index (κ3) is 3.39. The molecule has 1 aromatic rings. The molecule has 0 heterocycles. The monoisotopic (exact) mass is 285 g/mol. The van der Waals surface area contributed by atoms with Crippen molar-refractivity contribution in [3.05, 3.63) is 32.8 Å². The van der Waals surface area contributed by atoms with Gasteiger partial charge in [-0.05, 0) is 22.0 Å². The molecule has 1 rings (SSSR count). The Morgan fingerprint density at radius 3 is 2.40 bits per heavy atom. The van der Waals surface area contributed by atoms with Crippen molar-refractivity contribution in [1.29, 1.82) is 0 Å². The highest BCUT2D eigenvalue weighted by Gasteiger charge is 2.32. The Morgan fingerprint density at radius 2 is 2.00 bits per heavy atom. The van der Waals surface area contributed by atoms with Crippen molar-refractivity contribution >= 4 is 21.6 Å². The van der Waals surface area contributed by atoms with Crippen LogP contribution in [-0.2, 0) is 0 Å². The summed E-state index contributed by atoms with van der Waals surface area (Å²) in [6.45, 7) is 0. The van der Waals surface area contributed by atoms with Gasteiger partial charge in [-0.25, -0.2) is 0 Å². The van der Waals surface area contributed by atoms with Gasteiger partial charge in [-0.1, -0.05) is 0 Å². The Labute approximate surface area is 89.9 Å². The van der Waals surface area contributed by atoms with Gasteiger partial charge in [0.15, 0.2) is 0 Å². The van der Waals surface area contributed by atoms with Crippen LogP contribution in [0.25, 0.3) is 0 Å². The maximum atomic E-state index is 11.8. The van der Waals surface area contributed by atoms with Crippen LogP contribution < -0.4 is 4.74 Å². The van der Waals surface area contributed by atoms with Crippen molar-refractivity contribution in [3.63, 3.8) is 0 Å². The zero-order valence-corrected chi connectivity index (χ0v) is 8.50. The van der Waals surface area contributed by atoms with Crippen LogP contribution in [0.1, 0.15) is 0 Å². The number of non-ortho nitro benzene ring substituents is 1. The number of alkyl halides is 3. The van der Waals surface area contributed by atoms with Gasteiger partial charge in [0, 0.05) is 12.1 Å². The van der Waals surface area contributed by atoms with Gasteiger partial charge in [-0.15, -0.1) is 13.2 Å². The molecule has 15 heavy (non-hydrogen) atoms. The topological polar surface area (TPSA) is 52.4 Å². The van der Waals surface area contributed by atoms with Gasteiger partial charge in [-0.2, -0.15) is 0 Å². The molecule has 0 bridgehead atoms. The molecule has 1 aromatic carbocycles. The third-order valence-electron chi connectivity index (χ3n) is 1.35. The SMILES string of the molecule is O=[N+]([O-])c1ccc(OC(F)(F)F)c(Br)c1. The minimum absolute atomic E-state index is 0.131. The molecular formula is C7H3BrF3NO3.